The third-order valence-electron chi connectivity index (χ3n) is 2.67. The average molecular weight is 249 g/mol. The lowest BCUT2D eigenvalue weighted by Gasteiger charge is -2.01. The Morgan fingerprint density at radius 3 is 2.89 bits per heavy atom. The van der Waals surface area contributed by atoms with E-state index in [2.05, 4.69) is 15.5 Å². The fourth-order valence-corrected chi connectivity index (χ4v) is 1.79. The van der Waals surface area contributed by atoms with E-state index in [0.29, 0.717) is 6.61 Å². The molecule has 0 radical (unpaired) electrons. The van der Waals surface area contributed by atoms with Gasteiger partial charge in [-0.05, 0) is 13.0 Å². The van der Waals surface area contributed by atoms with Crippen molar-refractivity contribution in [3.05, 3.63) is 29.8 Å². The molecule has 18 heavy (non-hydrogen) atoms. The molecule has 0 spiro atoms. The van der Waals surface area contributed by atoms with Crippen molar-refractivity contribution in [2.45, 2.75) is 13.5 Å². The van der Waals surface area contributed by atoms with E-state index in [1.165, 1.54) is 0 Å². The monoisotopic (exact) mass is 249 g/mol. The van der Waals surface area contributed by atoms with Crippen molar-refractivity contribution in [2.24, 2.45) is 7.05 Å². The van der Waals surface area contributed by atoms with Gasteiger partial charge in [-0.15, -0.1) is 0 Å². The lowest BCUT2D eigenvalue weighted by Crippen LogP contribution is -2.18. The summed E-state index contributed by atoms with van der Waals surface area (Å²) in [4.78, 5) is 0. The zero-order chi connectivity index (χ0) is 13.0. The van der Waals surface area contributed by atoms with Gasteiger partial charge in [0.05, 0.1) is 24.2 Å². The summed E-state index contributed by atoms with van der Waals surface area (Å²) in [5.74, 6) is 0. The van der Waals surface area contributed by atoms with Crippen LogP contribution in [-0.4, -0.2) is 39.8 Å². The molecule has 6 nitrogen and oxygen atoms in total. The number of ether oxygens (including phenoxy) is 1. The largest absolute Gasteiger partial charge is 0.383 e. The van der Waals surface area contributed by atoms with Crippen LogP contribution in [0.3, 0.4) is 0 Å². The molecule has 0 fully saturated rings. The number of hydrogen-bond acceptors (Lipinski definition) is 4. The number of aryl methyl sites for hydroxylation is 2. The van der Waals surface area contributed by atoms with Crippen LogP contribution in [0.4, 0.5) is 0 Å². The second-order valence-corrected chi connectivity index (χ2v) is 4.19. The van der Waals surface area contributed by atoms with Crippen molar-refractivity contribution in [3.8, 4) is 5.69 Å². The molecular weight excluding hydrogens is 230 g/mol. The van der Waals surface area contributed by atoms with Crippen LogP contribution in [0.1, 0.15) is 11.4 Å². The van der Waals surface area contributed by atoms with Gasteiger partial charge in [-0.25, -0.2) is 4.68 Å². The number of nitrogens with one attached hydrogen (secondary N) is 1. The third kappa shape index (κ3) is 2.96. The van der Waals surface area contributed by atoms with Crippen LogP contribution < -0.4 is 5.32 Å². The second-order valence-electron chi connectivity index (χ2n) is 4.19. The van der Waals surface area contributed by atoms with Gasteiger partial charge in [-0.2, -0.15) is 10.2 Å². The van der Waals surface area contributed by atoms with Gasteiger partial charge < -0.3 is 10.1 Å². The number of nitrogens with zero attached hydrogens (tertiary/aromatic N) is 4. The van der Waals surface area contributed by atoms with E-state index in [1.807, 2.05) is 37.1 Å². The molecule has 0 atom stereocenters. The normalized spacial score (nSPS) is 11.1. The molecule has 2 rings (SSSR count). The first-order valence-electron chi connectivity index (χ1n) is 5.95. The second kappa shape index (κ2) is 5.79. The quantitative estimate of drug-likeness (QED) is 0.764. The molecule has 0 aliphatic heterocycles. The van der Waals surface area contributed by atoms with Crippen molar-refractivity contribution in [3.63, 3.8) is 0 Å². The highest BCUT2D eigenvalue weighted by atomic mass is 16.5. The van der Waals surface area contributed by atoms with Crippen LogP contribution in [0.5, 0.6) is 0 Å². The van der Waals surface area contributed by atoms with E-state index in [9.17, 15) is 0 Å². The SMILES string of the molecule is COCCNCc1ccn(-c2cn(C)nc2C)n1. The zero-order valence-electron chi connectivity index (χ0n) is 11.1. The highest BCUT2D eigenvalue weighted by Gasteiger charge is 2.07. The van der Waals surface area contributed by atoms with Crippen molar-refractivity contribution in [2.75, 3.05) is 20.3 Å². The van der Waals surface area contributed by atoms with Crippen LogP contribution in [0.2, 0.25) is 0 Å². The van der Waals surface area contributed by atoms with Gasteiger partial charge in [0.2, 0.25) is 0 Å². The standard InChI is InChI=1S/C12H19N5O/c1-10-12(9-16(2)14-10)17-6-4-11(15-17)8-13-5-7-18-3/h4,6,9,13H,5,7-8H2,1-3H3. The zero-order valence-corrected chi connectivity index (χ0v) is 11.1. The first-order valence-corrected chi connectivity index (χ1v) is 5.95. The minimum atomic E-state index is 0.711. The molecule has 0 amide bonds. The maximum atomic E-state index is 4.97. The average Bonchev–Trinajstić information content (AvgIpc) is 2.91. The molecule has 0 aromatic carbocycles. The molecule has 0 unspecified atom stereocenters. The van der Waals surface area contributed by atoms with Crippen LogP contribution in [0, 0.1) is 6.92 Å². The summed E-state index contributed by atoms with van der Waals surface area (Å²) in [7, 11) is 3.61. The van der Waals surface area contributed by atoms with Gasteiger partial charge in [0.1, 0.15) is 5.69 Å². The van der Waals surface area contributed by atoms with Crippen LogP contribution >= 0.6 is 0 Å². The Morgan fingerprint density at radius 1 is 1.39 bits per heavy atom. The molecule has 2 aromatic rings. The summed E-state index contributed by atoms with van der Waals surface area (Å²) in [5.41, 5.74) is 2.99. The van der Waals surface area contributed by atoms with E-state index in [1.54, 1.807) is 11.8 Å². The summed E-state index contributed by atoms with van der Waals surface area (Å²) < 4.78 is 8.62. The number of hydrogen-bond donors (Lipinski definition) is 1. The summed E-state index contributed by atoms with van der Waals surface area (Å²) in [6.45, 7) is 4.26. The van der Waals surface area contributed by atoms with Gasteiger partial charge in [-0.3, -0.25) is 4.68 Å². The fourth-order valence-electron chi connectivity index (χ4n) is 1.79. The molecular formula is C12H19N5O. The first kappa shape index (κ1) is 12.8. The molecule has 1 N–H and O–H groups in total. The summed E-state index contributed by atoms with van der Waals surface area (Å²) in [5, 5.41) is 12.1. The Hall–Kier alpha value is -1.66. The van der Waals surface area contributed by atoms with Gasteiger partial charge >= 0.3 is 0 Å². The molecule has 0 bridgehead atoms. The van der Waals surface area contributed by atoms with Crippen LogP contribution in [0.25, 0.3) is 5.69 Å². The smallest absolute Gasteiger partial charge is 0.105 e. The molecule has 0 saturated heterocycles. The minimum absolute atomic E-state index is 0.711. The Bertz CT molecular complexity index is 502. The number of rotatable bonds is 6. The van der Waals surface area contributed by atoms with Crippen LogP contribution in [-0.2, 0) is 18.3 Å². The van der Waals surface area contributed by atoms with Crippen molar-refractivity contribution in [1.29, 1.82) is 0 Å². The molecule has 0 aliphatic carbocycles. The highest BCUT2D eigenvalue weighted by Crippen LogP contribution is 2.11. The van der Waals surface area contributed by atoms with E-state index >= 15 is 0 Å². The third-order valence-corrected chi connectivity index (χ3v) is 2.67. The maximum Gasteiger partial charge on any atom is 0.105 e. The van der Waals surface area contributed by atoms with Crippen molar-refractivity contribution < 1.29 is 4.74 Å². The van der Waals surface area contributed by atoms with Gasteiger partial charge in [-0.1, -0.05) is 0 Å². The Kier molecular flexibility index (Phi) is 4.11. The lowest BCUT2D eigenvalue weighted by atomic mass is 10.4. The fraction of sp³-hybridized carbons (Fsp3) is 0.500. The van der Waals surface area contributed by atoms with E-state index in [-0.39, 0.29) is 0 Å². The number of methoxy groups -OCH3 is 1. The summed E-state index contributed by atoms with van der Waals surface area (Å²) in [6.07, 6.45) is 3.92. The minimum Gasteiger partial charge on any atom is -0.383 e. The molecule has 0 aliphatic rings. The number of aromatic nitrogens is 4. The predicted molar refractivity (Wildman–Crippen MR) is 68.6 cm³/mol. The van der Waals surface area contributed by atoms with Gasteiger partial charge in [0.15, 0.2) is 0 Å². The molecule has 2 aromatic heterocycles. The lowest BCUT2D eigenvalue weighted by molar-refractivity contribution is 0.199. The molecule has 6 heteroatoms. The predicted octanol–water partition coefficient (Wildman–Crippen LogP) is 0.650. The summed E-state index contributed by atoms with van der Waals surface area (Å²) in [6, 6.07) is 2.01. The molecule has 98 valence electrons. The van der Waals surface area contributed by atoms with Crippen LogP contribution in [0.15, 0.2) is 18.5 Å². The first-order chi connectivity index (χ1) is 8.70. The Morgan fingerprint density at radius 2 is 2.22 bits per heavy atom. The Labute approximate surface area is 107 Å². The topological polar surface area (TPSA) is 56.9 Å². The highest BCUT2D eigenvalue weighted by molar-refractivity contribution is 5.32. The maximum absolute atomic E-state index is 4.97. The van der Waals surface area contributed by atoms with E-state index in [4.69, 9.17) is 4.74 Å². The summed E-state index contributed by atoms with van der Waals surface area (Å²) >= 11 is 0. The van der Waals surface area contributed by atoms with Crippen molar-refractivity contribution >= 4 is 0 Å². The van der Waals surface area contributed by atoms with Gasteiger partial charge in [0.25, 0.3) is 0 Å². The van der Waals surface area contributed by atoms with Gasteiger partial charge in [0, 0.05) is 33.4 Å². The Balaban J connectivity index is 1.99. The van der Waals surface area contributed by atoms with Crippen molar-refractivity contribution in [1.82, 2.24) is 24.9 Å². The molecule has 2 heterocycles. The van der Waals surface area contributed by atoms with E-state index in [0.717, 1.165) is 30.2 Å². The molecule has 0 saturated carbocycles. The van der Waals surface area contributed by atoms with E-state index < -0.39 is 0 Å².